The van der Waals surface area contributed by atoms with Gasteiger partial charge in [-0.1, -0.05) is 0 Å². The minimum atomic E-state index is -0.914. The van der Waals surface area contributed by atoms with E-state index in [1.807, 2.05) is 0 Å². The van der Waals surface area contributed by atoms with Crippen LogP contribution in [0.3, 0.4) is 0 Å². The van der Waals surface area contributed by atoms with Crippen LogP contribution in [-0.2, 0) is 0 Å². The molecule has 0 aromatic heterocycles. The van der Waals surface area contributed by atoms with Gasteiger partial charge < -0.3 is 10.0 Å². The van der Waals surface area contributed by atoms with Gasteiger partial charge in [-0.05, 0) is 32.9 Å². The number of hydrogen-bond acceptors (Lipinski definition) is 5. The predicted molar refractivity (Wildman–Crippen MR) is 72.7 cm³/mol. The lowest BCUT2D eigenvalue weighted by Gasteiger charge is -2.27. The van der Waals surface area contributed by atoms with Gasteiger partial charge >= 0.3 is 0 Å². The maximum atomic E-state index is 11.3. The van der Waals surface area contributed by atoms with E-state index < -0.39 is 10.5 Å². The standard InChI is InChI=1S/C13H18N2O4/c1-9(16)11-6-5-10(7-12(11)15(18)19)14(4)8-13(2,3)17/h5-7,17H,8H2,1-4H3. The number of aliphatic hydroxyl groups is 1. The molecule has 0 aliphatic heterocycles. The lowest BCUT2D eigenvalue weighted by molar-refractivity contribution is -0.385. The highest BCUT2D eigenvalue weighted by Gasteiger charge is 2.21. The molecule has 0 saturated heterocycles. The summed E-state index contributed by atoms with van der Waals surface area (Å²) in [7, 11) is 1.73. The normalized spacial score (nSPS) is 11.2. The van der Waals surface area contributed by atoms with Crippen LogP contribution in [0.1, 0.15) is 31.1 Å². The van der Waals surface area contributed by atoms with Crippen LogP contribution in [0.4, 0.5) is 11.4 Å². The summed E-state index contributed by atoms with van der Waals surface area (Å²) in [5.41, 5.74) is -0.459. The Balaban J connectivity index is 3.15. The summed E-state index contributed by atoms with van der Waals surface area (Å²) in [4.78, 5) is 23.4. The van der Waals surface area contributed by atoms with Gasteiger partial charge in [-0.15, -0.1) is 0 Å². The molecular weight excluding hydrogens is 248 g/mol. The highest BCUT2D eigenvalue weighted by atomic mass is 16.6. The Labute approximate surface area is 111 Å². The maximum Gasteiger partial charge on any atom is 0.282 e. The lowest BCUT2D eigenvalue weighted by Crippen LogP contribution is -2.36. The van der Waals surface area contributed by atoms with Crippen molar-refractivity contribution in [2.75, 3.05) is 18.5 Å². The van der Waals surface area contributed by atoms with Gasteiger partial charge in [-0.25, -0.2) is 0 Å². The fraction of sp³-hybridized carbons (Fsp3) is 0.462. The van der Waals surface area contributed by atoms with Crippen LogP contribution < -0.4 is 4.90 Å². The first-order valence-electron chi connectivity index (χ1n) is 5.85. The van der Waals surface area contributed by atoms with Gasteiger partial charge in [0.25, 0.3) is 5.69 Å². The Morgan fingerprint density at radius 1 is 1.47 bits per heavy atom. The molecular formula is C13H18N2O4. The zero-order valence-electron chi connectivity index (χ0n) is 11.5. The van der Waals surface area contributed by atoms with Gasteiger partial charge in [0, 0.05) is 25.3 Å². The molecule has 0 unspecified atom stereocenters. The molecule has 0 bridgehead atoms. The molecule has 0 atom stereocenters. The van der Waals surface area contributed by atoms with Crippen molar-refractivity contribution in [3.05, 3.63) is 33.9 Å². The summed E-state index contributed by atoms with van der Waals surface area (Å²) in [6.45, 7) is 4.93. The molecule has 19 heavy (non-hydrogen) atoms. The Morgan fingerprint density at radius 3 is 2.47 bits per heavy atom. The van der Waals surface area contributed by atoms with Crippen molar-refractivity contribution in [2.24, 2.45) is 0 Å². The second-order valence-corrected chi connectivity index (χ2v) is 5.18. The predicted octanol–water partition coefficient (Wildman–Crippen LogP) is 2.00. The maximum absolute atomic E-state index is 11.3. The monoisotopic (exact) mass is 266 g/mol. The Hall–Kier alpha value is -1.95. The minimum absolute atomic E-state index is 0.0883. The van der Waals surface area contributed by atoms with Gasteiger partial charge in [0.1, 0.15) is 0 Å². The van der Waals surface area contributed by atoms with E-state index >= 15 is 0 Å². The van der Waals surface area contributed by atoms with Crippen molar-refractivity contribution in [3.63, 3.8) is 0 Å². The first kappa shape index (κ1) is 15.1. The molecule has 1 rings (SSSR count). The zero-order chi connectivity index (χ0) is 14.8. The molecule has 1 aromatic rings. The van der Waals surface area contributed by atoms with E-state index in [0.29, 0.717) is 12.2 Å². The van der Waals surface area contributed by atoms with Crippen molar-refractivity contribution in [3.8, 4) is 0 Å². The minimum Gasteiger partial charge on any atom is -0.389 e. The van der Waals surface area contributed by atoms with E-state index in [2.05, 4.69) is 0 Å². The van der Waals surface area contributed by atoms with Crippen LogP contribution in [0, 0.1) is 10.1 Å². The van der Waals surface area contributed by atoms with Crippen LogP contribution in [-0.4, -0.2) is 35.0 Å². The highest BCUT2D eigenvalue weighted by Crippen LogP contribution is 2.26. The number of rotatable bonds is 5. The number of nitro benzene ring substituents is 1. The number of nitrogens with zero attached hydrogens (tertiary/aromatic N) is 2. The molecule has 0 aliphatic rings. The van der Waals surface area contributed by atoms with Gasteiger partial charge in [-0.3, -0.25) is 14.9 Å². The van der Waals surface area contributed by atoms with Crippen LogP contribution in [0.25, 0.3) is 0 Å². The van der Waals surface area contributed by atoms with Crippen LogP contribution in [0.5, 0.6) is 0 Å². The third-order valence-electron chi connectivity index (χ3n) is 2.62. The van der Waals surface area contributed by atoms with E-state index in [0.717, 1.165) is 0 Å². The summed E-state index contributed by atoms with van der Waals surface area (Å²) >= 11 is 0. The number of carbonyl (C=O) groups excluding carboxylic acids is 1. The second-order valence-electron chi connectivity index (χ2n) is 5.18. The first-order valence-corrected chi connectivity index (χ1v) is 5.85. The van der Waals surface area contributed by atoms with E-state index in [9.17, 15) is 20.0 Å². The van der Waals surface area contributed by atoms with Gasteiger partial charge in [0.15, 0.2) is 5.78 Å². The van der Waals surface area contributed by atoms with E-state index in [1.165, 1.54) is 19.1 Å². The van der Waals surface area contributed by atoms with Crippen molar-refractivity contribution >= 4 is 17.2 Å². The van der Waals surface area contributed by atoms with Crippen LogP contribution in [0.15, 0.2) is 18.2 Å². The molecule has 0 spiro atoms. The molecule has 0 radical (unpaired) electrons. The number of anilines is 1. The average molecular weight is 266 g/mol. The van der Waals surface area contributed by atoms with Crippen LogP contribution >= 0.6 is 0 Å². The smallest absolute Gasteiger partial charge is 0.282 e. The number of likely N-dealkylation sites (N-methyl/N-ethyl adjacent to an activating group) is 1. The Morgan fingerprint density at radius 2 is 2.05 bits per heavy atom. The number of ketones is 1. The van der Waals surface area contributed by atoms with E-state index in [1.54, 1.807) is 31.9 Å². The Bertz CT molecular complexity index is 506. The van der Waals surface area contributed by atoms with Crippen LogP contribution in [0.2, 0.25) is 0 Å². The molecule has 6 nitrogen and oxygen atoms in total. The highest BCUT2D eigenvalue weighted by molar-refractivity contribution is 5.98. The largest absolute Gasteiger partial charge is 0.389 e. The topological polar surface area (TPSA) is 83.7 Å². The fourth-order valence-electron chi connectivity index (χ4n) is 1.88. The quantitative estimate of drug-likeness (QED) is 0.500. The van der Waals surface area contributed by atoms with Crippen molar-refractivity contribution < 1.29 is 14.8 Å². The summed E-state index contributed by atoms with van der Waals surface area (Å²) in [5.74, 6) is -0.344. The number of nitro groups is 1. The van der Waals surface area contributed by atoms with Gasteiger partial charge in [-0.2, -0.15) is 0 Å². The van der Waals surface area contributed by atoms with E-state index in [-0.39, 0.29) is 17.0 Å². The molecule has 0 amide bonds. The fourth-order valence-corrected chi connectivity index (χ4v) is 1.88. The molecule has 0 heterocycles. The molecule has 1 N–H and O–H groups in total. The molecule has 0 saturated carbocycles. The SMILES string of the molecule is CC(=O)c1ccc(N(C)CC(C)(C)O)cc1[N+](=O)[O-]. The molecule has 0 fully saturated rings. The van der Waals surface area contributed by atoms with Crippen molar-refractivity contribution in [1.29, 1.82) is 0 Å². The van der Waals surface area contributed by atoms with E-state index in [4.69, 9.17) is 0 Å². The second kappa shape index (κ2) is 5.36. The molecule has 104 valence electrons. The third kappa shape index (κ3) is 4.03. The van der Waals surface area contributed by atoms with Crippen molar-refractivity contribution in [1.82, 2.24) is 0 Å². The summed E-state index contributed by atoms with van der Waals surface area (Å²) in [5, 5.41) is 20.7. The summed E-state index contributed by atoms with van der Waals surface area (Å²) in [6.07, 6.45) is 0. The number of Topliss-reactive ketones (excluding diaryl/α,β-unsaturated/α-hetero) is 1. The number of hydrogen-bond donors (Lipinski definition) is 1. The lowest BCUT2D eigenvalue weighted by atomic mass is 10.1. The van der Waals surface area contributed by atoms with Crippen molar-refractivity contribution in [2.45, 2.75) is 26.4 Å². The van der Waals surface area contributed by atoms with Gasteiger partial charge in [0.05, 0.1) is 16.1 Å². The average Bonchev–Trinajstić information content (AvgIpc) is 2.25. The Kier molecular flexibility index (Phi) is 4.26. The molecule has 6 heteroatoms. The molecule has 1 aromatic carbocycles. The number of benzene rings is 1. The first-order chi connectivity index (χ1) is 8.61. The summed E-state index contributed by atoms with van der Waals surface area (Å²) in [6, 6.07) is 4.43. The number of carbonyl (C=O) groups is 1. The summed E-state index contributed by atoms with van der Waals surface area (Å²) < 4.78 is 0. The zero-order valence-corrected chi connectivity index (χ0v) is 11.5. The molecule has 0 aliphatic carbocycles. The van der Waals surface area contributed by atoms with Gasteiger partial charge in [0.2, 0.25) is 0 Å². The third-order valence-corrected chi connectivity index (χ3v) is 2.62.